The van der Waals surface area contributed by atoms with Crippen LogP contribution >= 0.6 is 38.9 Å². The van der Waals surface area contributed by atoms with Crippen molar-refractivity contribution < 1.29 is 0 Å². The zero-order valence-corrected chi connectivity index (χ0v) is 14.0. The Morgan fingerprint density at radius 2 is 2.21 bits per heavy atom. The van der Waals surface area contributed by atoms with Crippen LogP contribution < -0.4 is 5.32 Å². The lowest BCUT2D eigenvalue weighted by Gasteiger charge is -2.17. The molecular weight excluding hydrogens is 342 g/mol. The fourth-order valence-corrected chi connectivity index (χ4v) is 3.82. The van der Waals surface area contributed by atoms with E-state index in [1.165, 1.54) is 14.9 Å². The summed E-state index contributed by atoms with van der Waals surface area (Å²) in [6, 6.07) is 10.4. The molecule has 1 atom stereocenters. The second kappa shape index (κ2) is 7.44. The molecule has 1 heterocycles. The number of halogens is 2. The molecule has 0 aliphatic heterocycles. The first-order chi connectivity index (χ1) is 9.19. The highest BCUT2D eigenvalue weighted by atomic mass is 79.9. The maximum atomic E-state index is 6.10. The standard InChI is InChI=1S/C15H17BrClNS/c1-2-18-9-12(7-15-8-13(16)10-19-15)11-4-3-5-14(17)6-11/h3-6,8,10,12,18H,2,7,9H2,1H3. The van der Waals surface area contributed by atoms with Gasteiger partial charge in [0.1, 0.15) is 0 Å². The van der Waals surface area contributed by atoms with Gasteiger partial charge in [-0.15, -0.1) is 11.3 Å². The summed E-state index contributed by atoms with van der Waals surface area (Å²) >= 11 is 11.4. The Labute approximate surface area is 132 Å². The summed E-state index contributed by atoms with van der Waals surface area (Å²) in [6.45, 7) is 4.11. The highest BCUT2D eigenvalue weighted by Crippen LogP contribution is 2.27. The molecule has 1 N–H and O–H groups in total. The predicted octanol–water partition coefficient (Wildman–Crippen LogP) is 5.10. The second-order valence-electron chi connectivity index (χ2n) is 4.49. The molecule has 0 aliphatic rings. The van der Waals surface area contributed by atoms with Crippen molar-refractivity contribution in [3.8, 4) is 0 Å². The predicted molar refractivity (Wildman–Crippen MR) is 88.5 cm³/mol. The topological polar surface area (TPSA) is 12.0 Å². The first-order valence-corrected chi connectivity index (χ1v) is 8.43. The van der Waals surface area contributed by atoms with Gasteiger partial charge in [0.2, 0.25) is 0 Å². The summed E-state index contributed by atoms with van der Waals surface area (Å²) in [5.41, 5.74) is 1.30. The molecule has 4 heteroatoms. The van der Waals surface area contributed by atoms with E-state index in [2.05, 4.69) is 51.7 Å². The maximum Gasteiger partial charge on any atom is 0.0408 e. The molecule has 1 nitrogen and oxygen atoms in total. The molecule has 2 rings (SSSR count). The van der Waals surface area contributed by atoms with Crippen LogP contribution in [0.25, 0.3) is 0 Å². The first kappa shape index (κ1) is 15.0. The second-order valence-corrected chi connectivity index (χ2v) is 6.84. The molecule has 1 aromatic carbocycles. The van der Waals surface area contributed by atoms with Gasteiger partial charge in [0.05, 0.1) is 0 Å². The molecule has 0 radical (unpaired) electrons. The van der Waals surface area contributed by atoms with E-state index in [9.17, 15) is 0 Å². The summed E-state index contributed by atoms with van der Waals surface area (Å²) in [7, 11) is 0. The van der Waals surface area contributed by atoms with Crippen molar-refractivity contribution in [3.63, 3.8) is 0 Å². The van der Waals surface area contributed by atoms with E-state index in [1.807, 2.05) is 12.1 Å². The van der Waals surface area contributed by atoms with E-state index in [4.69, 9.17) is 11.6 Å². The fraction of sp³-hybridized carbons (Fsp3) is 0.333. The third kappa shape index (κ3) is 4.60. The van der Waals surface area contributed by atoms with E-state index < -0.39 is 0 Å². The van der Waals surface area contributed by atoms with Gasteiger partial charge in [-0.05, 0) is 52.7 Å². The van der Waals surface area contributed by atoms with Gasteiger partial charge in [0.25, 0.3) is 0 Å². The lowest BCUT2D eigenvalue weighted by atomic mass is 9.95. The van der Waals surface area contributed by atoms with Crippen LogP contribution in [0.4, 0.5) is 0 Å². The average molecular weight is 359 g/mol. The van der Waals surface area contributed by atoms with E-state index >= 15 is 0 Å². The normalized spacial score (nSPS) is 12.6. The van der Waals surface area contributed by atoms with Crippen molar-refractivity contribution in [2.24, 2.45) is 0 Å². The number of thiophene rings is 1. The van der Waals surface area contributed by atoms with Crippen LogP contribution in [0.5, 0.6) is 0 Å². The van der Waals surface area contributed by atoms with Crippen LogP contribution in [-0.4, -0.2) is 13.1 Å². The minimum absolute atomic E-state index is 0.462. The van der Waals surface area contributed by atoms with Crippen LogP contribution in [0.15, 0.2) is 40.2 Å². The molecule has 0 saturated heterocycles. The minimum atomic E-state index is 0.462. The number of likely N-dealkylation sites (N-methyl/N-ethyl adjacent to an activating group) is 1. The Kier molecular flexibility index (Phi) is 5.89. The van der Waals surface area contributed by atoms with Gasteiger partial charge in [-0.2, -0.15) is 0 Å². The Hall–Kier alpha value is -0.350. The number of rotatable bonds is 6. The summed E-state index contributed by atoms with van der Waals surface area (Å²) in [5, 5.41) is 6.39. The van der Waals surface area contributed by atoms with E-state index in [0.29, 0.717) is 5.92 Å². The number of nitrogens with one attached hydrogen (secondary N) is 1. The van der Waals surface area contributed by atoms with Crippen molar-refractivity contribution in [2.45, 2.75) is 19.3 Å². The van der Waals surface area contributed by atoms with Gasteiger partial charge in [0.15, 0.2) is 0 Å². The molecule has 1 aromatic heterocycles. The molecule has 0 bridgehead atoms. The lowest BCUT2D eigenvalue weighted by molar-refractivity contribution is 0.598. The Morgan fingerprint density at radius 3 is 2.84 bits per heavy atom. The van der Waals surface area contributed by atoms with E-state index in [1.54, 1.807) is 11.3 Å². The zero-order valence-electron chi connectivity index (χ0n) is 10.8. The van der Waals surface area contributed by atoms with Gasteiger partial charge >= 0.3 is 0 Å². The fourth-order valence-electron chi connectivity index (χ4n) is 2.09. The van der Waals surface area contributed by atoms with E-state index in [0.717, 1.165) is 24.5 Å². The van der Waals surface area contributed by atoms with Crippen LogP contribution in [-0.2, 0) is 6.42 Å². The lowest BCUT2D eigenvalue weighted by Crippen LogP contribution is -2.22. The molecule has 2 aromatic rings. The van der Waals surface area contributed by atoms with E-state index in [-0.39, 0.29) is 0 Å². The third-order valence-corrected chi connectivity index (χ3v) is 4.99. The molecule has 0 aliphatic carbocycles. The smallest absolute Gasteiger partial charge is 0.0408 e. The Bertz CT molecular complexity index is 526. The largest absolute Gasteiger partial charge is 0.316 e. The number of hydrogen-bond acceptors (Lipinski definition) is 2. The molecule has 102 valence electrons. The number of hydrogen-bond donors (Lipinski definition) is 1. The zero-order chi connectivity index (χ0) is 13.7. The molecule has 0 spiro atoms. The van der Waals surface area contributed by atoms with Crippen LogP contribution in [0.3, 0.4) is 0 Å². The summed E-state index contributed by atoms with van der Waals surface area (Å²) in [5.74, 6) is 0.462. The SMILES string of the molecule is CCNCC(Cc1cc(Br)cs1)c1cccc(Cl)c1. The van der Waals surface area contributed by atoms with Gasteiger partial charge in [-0.25, -0.2) is 0 Å². The maximum absolute atomic E-state index is 6.10. The number of benzene rings is 1. The van der Waals surface area contributed by atoms with Crippen molar-refractivity contribution >= 4 is 38.9 Å². The molecule has 0 fully saturated rings. The van der Waals surface area contributed by atoms with Crippen LogP contribution in [0.1, 0.15) is 23.3 Å². The first-order valence-electron chi connectivity index (χ1n) is 6.38. The Balaban J connectivity index is 2.15. The molecule has 1 unspecified atom stereocenters. The van der Waals surface area contributed by atoms with Gasteiger partial charge in [0, 0.05) is 32.2 Å². The summed E-state index contributed by atoms with van der Waals surface area (Å²) < 4.78 is 1.17. The van der Waals surface area contributed by atoms with Crippen molar-refractivity contribution in [1.82, 2.24) is 5.32 Å². The molecule has 19 heavy (non-hydrogen) atoms. The van der Waals surface area contributed by atoms with Crippen LogP contribution in [0, 0.1) is 0 Å². The minimum Gasteiger partial charge on any atom is -0.316 e. The monoisotopic (exact) mass is 357 g/mol. The highest BCUT2D eigenvalue weighted by molar-refractivity contribution is 9.10. The van der Waals surface area contributed by atoms with Crippen LogP contribution in [0.2, 0.25) is 5.02 Å². The molecular formula is C15H17BrClNS. The highest BCUT2D eigenvalue weighted by Gasteiger charge is 2.13. The van der Waals surface area contributed by atoms with Gasteiger partial charge in [-0.3, -0.25) is 0 Å². The molecule has 0 amide bonds. The summed E-state index contributed by atoms with van der Waals surface area (Å²) in [6.07, 6.45) is 1.05. The van der Waals surface area contributed by atoms with Crippen molar-refractivity contribution in [1.29, 1.82) is 0 Å². The summed E-state index contributed by atoms with van der Waals surface area (Å²) in [4.78, 5) is 1.40. The Morgan fingerprint density at radius 1 is 1.37 bits per heavy atom. The quantitative estimate of drug-likeness (QED) is 0.757. The van der Waals surface area contributed by atoms with Gasteiger partial charge < -0.3 is 5.32 Å². The average Bonchev–Trinajstić information content (AvgIpc) is 2.80. The third-order valence-electron chi connectivity index (χ3n) is 3.03. The molecule has 0 saturated carbocycles. The van der Waals surface area contributed by atoms with Crippen molar-refractivity contribution in [2.75, 3.05) is 13.1 Å². The van der Waals surface area contributed by atoms with Crippen molar-refractivity contribution in [3.05, 3.63) is 55.6 Å². The van der Waals surface area contributed by atoms with Gasteiger partial charge in [-0.1, -0.05) is 30.7 Å².